The molecular formula is C23H28N6O. The number of aromatic nitrogens is 4. The summed E-state index contributed by atoms with van der Waals surface area (Å²) in [5.74, 6) is 1.65. The van der Waals surface area contributed by atoms with Crippen LogP contribution in [0.25, 0.3) is 5.82 Å². The smallest absolute Gasteiger partial charge is 0.253 e. The SMILES string of the molecule is Cc1cc(C)cc(C(=O)N2CCN(c3ccc(-n4nc(C)c(C)c4C)nn3)CC2)c1. The highest BCUT2D eigenvalue weighted by Gasteiger charge is 2.23. The van der Waals surface area contributed by atoms with E-state index >= 15 is 0 Å². The topological polar surface area (TPSA) is 67.2 Å². The lowest BCUT2D eigenvalue weighted by molar-refractivity contribution is 0.0746. The van der Waals surface area contributed by atoms with Crippen LogP contribution in [0, 0.1) is 34.6 Å². The predicted molar refractivity (Wildman–Crippen MR) is 117 cm³/mol. The molecule has 7 heteroatoms. The molecule has 0 spiro atoms. The zero-order valence-electron chi connectivity index (χ0n) is 18.3. The molecule has 4 rings (SSSR count). The number of benzene rings is 1. The molecule has 0 radical (unpaired) electrons. The number of anilines is 1. The van der Waals surface area contributed by atoms with Crippen molar-refractivity contribution in [3.05, 3.63) is 64.0 Å². The Kier molecular flexibility index (Phi) is 5.28. The van der Waals surface area contributed by atoms with E-state index < -0.39 is 0 Å². The fraction of sp³-hybridized carbons (Fsp3) is 0.391. The number of carbonyl (C=O) groups is 1. The Balaban J connectivity index is 1.42. The third-order valence-corrected chi connectivity index (χ3v) is 5.87. The lowest BCUT2D eigenvalue weighted by Gasteiger charge is -2.35. The number of hydrogen-bond acceptors (Lipinski definition) is 5. The standard InChI is InChI=1S/C23H28N6O/c1-15-12-16(2)14-20(13-15)23(30)28-10-8-27(9-11-28)21-6-7-22(25-24-21)29-19(5)17(3)18(4)26-29/h6-7,12-14H,8-11H2,1-5H3. The van der Waals surface area contributed by atoms with Gasteiger partial charge in [0.25, 0.3) is 5.91 Å². The van der Waals surface area contributed by atoms with Crippen LogP contribution in [0.3, 0.4) is 0 Å². The molecule has 0 aliphatic carbocycles. The third kappa shape index (κ3) is 3.79. The monoisotopic (exact) mass is 404 g/mol. The lowest BCUT2D eigenvalue weighted by Crippen LogP contribution is -2.49. The average molecular weight is 405 g/mol. The summed E-state index contributed by atoms with van der Waals surface area (Å²) in [5, 5.41) is 13.4. The first-order valence-electron chi connectivity index (χ1n) is 10.3. The normalized spacial score (nSPS) is 14.3. The van der Waals surface area contributed by atoms with Gasteiger partial charge in [-0.3, -0.25) is 4.79 Å². The Hall–Kier alpha value is -3.22. The molecule has 1 aromatic carbocycles. The van der Waals surface area contributed by atoms with Crippen molar-refractivity contribution in [3.8, 4) is 5.82 Å². The van der Waals surface area contributed by atoms with E-state index in [4.69, 9.17) is 0 Å². The Bertz CT molecular complexity index is 1060. The molecule has 3 aromatic rings. The number of amides is 1. The summed E-state index contributed by atoms with van der Waals surface area (Å²) in [5.41, 5.74) is 6.25. The number of rotatable bonds is 3. The highest BCUT2D eigenvalue weighted by atomic mass is 16.2. The summed E-state index contributed by atoms with van der Waals surface area (Å²) in [6, 6.07) is 9.95. The van der Waals surface area contributed by atoms with Gasteiger partial charge >= 0.3 is 0 Å². The van der Waals surface area contributed by atoms with Gasteiger partial charge in [-0.25, -0.2) is 4.68 Å². The summed E-state index contributed by atoms with van der Waals surface area (Å²) in [4.78, 5) is 17.0. The molecule has 0 unspecified atom stereocenters. The third-order valence-electron chi connectivity index (χ3n) is 5.87. The zero-order valence-corrected chi connectivity index (χ0v) is 18.3. The predicted octanol–water partition coefficient (Wildman–Crippen LogP) is 3.17. The molecule has 0 saturated carbocycles. The molecule has 0 bridgehead atoms. The van der Waals surface area contributed by atoms with Crippen molar-refractivity contribution in [2.45, 2.75) is 34.6 Å². The summed E-state index contributed by atoms with van der Waals surface area (Å²) in [6.07, 6.45) is 0. The second-order valence-electron chi connectivity index (χ2n) is 8.11. The first-order valence-corrected chi connectivity index (χ1v) is 10.3. The van der Waals surface area contributed by atoms with Crippen molar-refractivity contribution in [2.24, 2.45) is 0 Å². The van der Waals surface area contributed by atoms with Gasteiger partial charge in [0.15, 0.2) is 11.6 Å². The summed E-state index contributed by atoms with van der Waals surface area (Å²) in [6.45, 7) is 13.0. The van der Waals surface area contributed by atoms with Crippen molar-refractivity contribution in [1.82, 2.24) is 24.9 Å². The molecule has 7 nitrogen and oxygen atoms in total. The van der Waals surface area contributed by atoms with E-state index in [1.54, 1.807) is 0 Å². The van der Waals surface area contributed by atoms with E-state index in [9.17, 15) is 4.79 Å². The molecule has 1 amide bonds. The molecule has 1 fully saturated rings. The molecule has 156 valence electrons. The Morgan fingerprint density at radius 1 is 0.833 bits per heavy atom. The summed E-state index contributed by atoms with van der Waals surface area (Å²) in [7, 11) is 0. The minimum absolute atomic E-state index is 0.0998. The van der Waals surface area contributed by atoms with Gasteiger partial charge in [0.2, 0.25) is 0 Å². The zero-order chi connectivity index (χ0) is 21.4. The summed E-state index contributed by atoms with van der Waals surface area (Å²) >= 11 is 0. The van der Waals surface area contributed by atoms with Crippen LogP contribution in [0.2, 0.25) is 0 Å². The van der Waals surface area contributed by atoms with Crippen LogP contribution in [0.1, 0.15) is 38.4 Å². The van der Waals surface area contributed by atoms with E-state index in [1.807, 2.05) is 61.5 Å². The molecule has 1 aliphatic heterocycles. The second kappa shape index (κ2) is 7.89. The highest BCUT2D eigenvalue weighted by Crippen LogP contribution is 2.19. The maximum atomic E-state index is 12.9. The minimum atomic E-state index is 0.0998. The van der Waals surface area contributed by atoms with E-state index in [0.29, 0.717) is 13.1 Å². The van der Waals surface area contributed by atoms with Gasteiger partial charge in [-0.05, 0) is 64.4 Å². The van der Waals surface area contributed by atoms with Crippen molar-refractivity contribution < 1.29 is 4.79 Å². The largest absolute Gasteiger partial charge is 0.352 e. The van der Waals surface area contributed by atoms with Crippen LogP contribution in [0.5, 0.6) is 0 Å². The summed E-state index contributed by atoms with van der Waals surface area (Å²) < 4.78 is 1.84. The van der Waals surface area contributed by atoms with Gasteiger partial charge in [-0.2, -0.15) is 5.10 Å². The molecule has 1 saturated heterocycles. The first-order chi connectivity index (χ1) is 14.3. The van der Waals surface area contributed by atoms with Crippen LogP contribution in [0.4, 0.5) is 5.82 Å². The van der Waals surface area contributed by atoms with E-state index in [-0.39, 0.29) is 5.91 Å². The van der Waals surface area contributed by atoms with E-state index in [1.165, 1.54) is 5.56 Å². The van der Waals surface area contributed by atoms with Crippen molar-refractivity contribution in [3.63, 3.8) is 0 Å². The van der Waals surface area contributed by atoms with Gasteiger partial charge < -0.3 is 9.80 Å². The maximum absolute atomic E-state index is 12.9. The van der Waals surface area contributed by atoms with Gasteiger partial charge in [-0.15, -0.1) is 10.2 Å². The number of piperazine rings is 1. The van der Waals surface area contributed by atoms with Crippen LogP contribution in [-0.2, 0) is 0 Å². The van der Waals surface area contributed by atoms with E-state index in [2.05, 4.69) is 33.2 Å². The molecule has 0 N–H and O–H groups in total. The molecular weight excluding hydrogens is 376 g/mol. The minimum Gasteiger partial charge on any atom is -0.352 e. The molecule has 0 atom stereocenters. The van der Waals surface area contributed by atoms with Gasteiger partial charge in [0.05, 0.1) is 5.69 Å². The van der Waals surface area contributed by atoms with Crippen molar-refractivity contribution in [2.75, 3.05) is 31.1 Å². The van der Waals surface area contributed by atoms with Crippen molar-refractivity contribution in [1.29, 1.82) is 0 Å². The number of aryl methyl sites for hydroxylation is 3. The Labute approximate surface area is 177 Å². The number of carbonyl (C=O) groups excluding carboxylic acids is 1. The maximum Gasteiger partial charge on any atom is 0.253 e. The van der Waals surface area contributed by atoms with Gasteiger partial charge in [-0.1, -0.05) is 17.2 Å². The molecule has 30 heavy (non-hydrogen) atoms. The van der Waals surface area contributed by atoms with Crippen LogP contribution in [-0.4, -0.2) is 57.0 Å². The van der Waals surface area contributed by atoms with Crippen LogP contribution < -0.4 is 4.90 Å². The Morgan fingerprint density at radius 2 is 1.43 bits per heavy atom. The molecule has 1 aliphatic rings. The van der Waals surface area contributed by atoms with E-state index in [0.717, 1.165) is 52.8 Å². The van der Waals surface area contributed by atoms with Crippen molar-refractivity contribution >= 4 is 11.7 Å². The van der Waals surface area contributed by atoms with Gasteiger partial charge in [0.1, 0.15) is 0 Å². The quantitative estimate of drug-likeness (QED) is 0.671. The number of nitrogens with zero attached hydrogens (tertiary/aromatic N) is 6. The van der Waals surface area contributed by atoms with Crippen LogP contribution in [0.15, 0.2) is 30.3 Å². The molecule has 2 aromatic heterocycles. The first kappa shape index (κ1) is 20.1. The fourth-order valence-corrected chi connectivity index (χ4v) is 3.96. The molecule has 3 heterocycles. The lowest BCUT2D eigenvalue weighted by atomic mass is 10.1. The van der Waals surface area contributed by atoms with Gasteiger partial charge in [0, 0.05) is 37.4 Å². The second-order valence-corrected chi connectivity index (χ2v) is 8.11. The average Bonchev–Trinajstić information content (AvgIpc) is 3.00. The number of hydrogen-bond donors (Lipinski definition) is 0. The Morgan fingerprint density at radius 3 is 1.97 bits per heavy atom. The highest BCUT2D eigenvalue weighted by molar-refractivity contribution is 5.94. The van der Waals surface area contributed by atoms with Crippen LogP contribution >= 0.6 is 0 Å². The fourth-order valence-electron chi connectivity index (χ4n) is 3.96.